The summed E-state index contributed by atoms with van der Waals surface area (Å²) in [6.07, 6.45) is 1.46. The molecule has 0 aliphatic heterocycles. The highest BCUT2D eigenvalue weighted by atomic mass is 35.5. The first-order chi connectivity index (χ1) is 8.65. The van der Waals surface area contributed by atoms with Crippen LogP contribution in [0.2, 0.25) is 5.02 Å². The minimum atomic E-state index is -3.79. The Kier molecular flexibility index (Phi) is 4.70. The smallest absolute Gasteiger partial charge is 0.337 e. The van der Waals surface area contributed by atoms with E-state index in [9.17, 15) is 17.6 Å². The summed E-state index contributed by atoms with van der Waals surface area (Å²) in [5.74, 6) is -2.88. The maximum atomic E-state index is 13.5. The van der Waals surface area contributed by atoms with Crippen molar-refractivity contribution in [3.05, 3.63) is 40.2 Å². The first-order valence-electron chi connectivity index (χ1n) is 5.23. The molecule has 0 atom stereocenters. The molecule has 19 heavy (non-hydrogen) atoms. The van der Waals surface area contributed by atoms with Crippen molar-refractivity contribution in [3.8, 4) is 0 Å². The number of halogens is 2. The van der Waals surface area contributed by atoms with E-state index in [1.165, 1.54) is 6.08 Å². The van der Waals surface area contributed by atoms with E-state index in [0.29, 0.717) is 0 Å². The monoisotopic (exact) mass is 306 g/mol. The maximum absolute atomic E-state index is 13.5. The van der Waals surface area contributed by atoms with Crippen LogP contribution in [0.4, 0.5) is 4.39 Å². The average Bonchev–Trinajstić information content (AvgIpc) is 2.29. The van der Waals surface area contributed by atoms with E-state index < -0.39 is 37.1 Å². The van der Waals surface area contributed by atoms with Gasteiger partial charge in [0.1, 0.15) is 5.82 Å². The fourth-order valence-electron chi connectivity index (χ4n) is 1.27. The van der Waals surface area contributed by atoms with Gasteiger partial charge in [-0.15, -0.1) is 0 Å². The molecule has 0 heterocycles. The lowest BCUT2D eigenvalue weighted by Crippen LogP contribution is -2.09. The Labute approximate surface area is 115 Å². The second-order valence-electron chi connectivity index (χ2n) is 4.13. The Morgan fingerprint density at radius 1 is 1.42 bits per heavy atom. The van der Waals surface area contributed by atoms with Gasteiger partial charge in [0, 0.05) is 0 Å². The van der Waals surface area contributed by atoms with E-state index in [1.54, 1.807) is 13.8 Å². The number of hydrogen-bond acceptors (Lipinski definition) is 3. The number of carboxylic acid groups (broad SMARTS) is 1. The van der Waals surface area contributed by atoms with Crippen LogP contribution < -0.4 is 0 Å². The largest absolute Gasteiger partial charge is 0.478 e. The van der Waals surface area contributed by atoms with Crippen molar-refractivity contribution in [2.45, 2.75) is 18.7 Å². The molecular formula is C12H12ClFO4S. The molecule has 1 aromatic rings. The van der Waals surface area contributed by atoms with Gasteiger partial charge in [0.15, 0.2) is 9.84 Å². The zero-order valence-electron chi connectivity index (χ0n) is 10.3. The highest BCUT2D eigenvalue weighted by Crippen LogP contribution is 2.25. The molecule has 0 saturated heterocycles. The van der Waals surface area contributed by atoms with E-state index >= 15 is 0 Å². The molecule has 0 radical (unpaired) electrons. The zero-order chi connectivity index (χ0) is 14.8. The van der Waals surface area contributed by atoms with Crippen LogP contribution in [0.1, 0.15) is 24.2 Å². The minimum Gasteiger partial charge on any atom is -0.478 e. The molecule has 0 aliphatic carbocycles. The van der Waals surface area contributed by atoms with Crippen LogP contribution in [0.25, 0.3) is 0 Å². The normalized spacial score (nSPS) is 11.2. The molecule has 0 amide bonds. The van der Waals surface area contributed by atoms with Crippen molar-refractivity contribution in [3.63, 3.8) is 0 Å². The Bertz CT molecular complexity index is 646. The van der Waals surface area contributed by atoms with E-state index in [4.69, 9.17) is 16.7 Å². The fourth-order valence-corrected chi connectivity index (χ4v) is 2.79. The second kappa shape index (κ2) is 5.71. The highest BCUT2D eigenvalue weighted by molar-refractivity contribution is 7.91. The van der Waals surface area contributed by atoms with Crippen LogP contribution in [0.15, 0.2) is 28.7 Å². The summed E-state index contributed by atoms with van der Waals surface area (Å²) < 4.78 is 37.3. The molecule has 1 rings (SSSR count). The van der Waals surface area contributed by atoms with Crippen LogP contribution in [0.3, 0.4) is 0 Å². The van der Waals surface area contributed by atoms with Gasteiger partial charge >= 0.3 is 5.97 Å². The molecular weight excluding hydrogens is 295 g/mol. The van der Waals surface area contributed by atoms with Crippen molar-refractivity contribution in [1.29, 1.82) is 0 Å². The van der Waals surface area contributed by atoms with Crippen LogP contribution in [0.5, 0.6) is 0 Å². The van der Waals surface area contributed by atoms with Crippen molar-refractivity contribution in [2.24, 2.45) is 0 Å². The zero-order valence-corrected chi connectivity index (χ0v) is 11.8. The summed E-state index contributed by atoms with van der Waals surface area (Å²) in [5, 5.41) is 8.24. The molecule has 1 aromatic carbocycles. The molecule has 0 fully saturated rings. The Morgan fingerprint density at radius 3 is 2.47 bits per heavy atom. The summed E-state index contributed by atoms with van der Waals surface area (Å²) in [5.41, 5.74) is 0.217. The third kappa shape index (κ3) is 3.78. The maximum Gasteiger partial charge on any atom is 0.337 e. The first-order valence-corrected chi connectivity index (χ1v) is 7.26. The third-order valence-corrected chi connectivity index (χ3v) is 4.25. The number of carboxylic acids is 1. The fraction of sp³-hybridized carbons (Fsp3) is 0.250. The molecule has 7 heteroatoms. The molecule has 0 unspecified atom stereocenters. The number of aromatic carboxylic acids is 1. The average molecular weight is 307 g/mol. The third-order valence-electron chi connectivity index (χ3n) is 2.30. The predicted octanol–water partition coefficient (Wildman–Crippen LogP) is 2.92. The van der Waals surface area contributed by atoms with E-state index in [-0.39, 0.29) is 5.75 Å². The first kappa shape index (κ1) is 15.7. The molecule has 1 N–H and O–H groups in total. The van der Waals surface area contributed by atoms with Crippen LogP contribution in [-0.2, 0) is 9.84 Å². The molecule has 4 nitrogen and oxygen atoms in total. The quantitative estimate of drug-likeness (QED) is 0.868. The van der Waals surface area contributed by atoms with Crippen molar-refractivity contribution in [2.75, 3.05) is 5.75 Å². The number of allylic oxidation sites excluding steroid dienone is 1. The minimum absolute atomic E-state index is 0.324. The van der Waals surface area contributed by atoms with Gasteiger partial charge in [-0.2, -0.15) is 0 Å². The summed E-state index contributed by atoms with van der Waals surface area (Å²) in [7, 11) is -3.79. The molecule has 0 spiro atoms. The van der Waals surface area contributed by atoms with Crippen LogP contribution in [-0.4, -0.2) is 25.2 Å². The van der Waals surface area contributed by atoms with Crippen molar-refractivity contribution < 1.29 is 22.7 Å². The topological polar surface area (TPSA) is 71.4 Å². The van der Waals surface area contributed by atoms with Gasteiger partial charge in [0.25, 0.3) is 0 Å². The predicted molar refractivity (Wildman–Crippen MR) is 69.9 cm³/mol. The van der Waals surface area contributed by atoms with Crippen molar-refractivity contribution in [1.82, 2.24) is 0 Å². The molecule has 0 bridgehead atoms. The SMILES string of the molecule is CC(C)=CCS(=O)(=O)c1cc(F)c(Cl)c(C(=O)O)c1. The van der Waals surface area contributed by atoms with E-state index in [1.807, 2.05) is 0 Å². The van der Waals surface area contributed by atoms with Gasteiger partial charge in [0.05, 0.1) is 21.2 Å². The summed E-state index contributed by atoms with van der Waals surface area (Å²) in [6, 6.07) is 1.59. The lowest BCUT2D eigenvalue weighted by atomic mass is 10.2. The van der Waals surface area contributed by atoms with Crippen LogP contribution >= 0.6 is 11.6 Å². The highest BCUT2D eigenvalue weighted by Gasteiger charge is 2.21. The van der Waals surface area contributed by atoms with Gasteiger partial charge < -0.3 is 5.11 Å². The van der Waals surface area contributed by atoms with Gasteiger partial charge in [0.2, 0.25) is 0 Å². The van der Waals surface area contributed by atoms with Crippen molar-refractivity contribution >= 4 is 27.4 Å². The Hall–Kier alpha value is -1.40. The second-order valence-corrected chi connectivity index (χ2v) is 6.55. The number of benzene rings is 1. The lowest BCUT2D eigenvalue weighted by molar-refractivity contribution is 0.0696. The number of rotatable bonds is 4. The molecule has 0 aromatic heterocycles. The summed E-state index contributed by atoms with van der Waals surface area (Å²) in [4.78, 5) is 10.5. The van der Waals surface area contributed by atoms with Gasteiger partial charge in [-0.05, 0) is 26.0 Å². The molecule has 0 saturated carbocycles. The van der Waals surface area contributed by atoms with Crippen LogP contribution in [0, 0.1) is 5.82 Å². The molecule has 0 aliphatic rings. The van der Waals surface area contributed by atoms with E-state index in [0.717, 1.165) is 17.7 Å². The molecule has 104 valence electrons. The number of hydrogen-bond donors (Lipinski definition) is 1. The van der Waals surface area contributed by atoms with Gasteiger partial charge in [-0.25, -0.2) is 17.6 Å². The number of carbonyl (C=O) groups is 1. The lowest BCUT2D eigenvalue weighted by Gasteiger charge is -2.06. The van der Waals surface area contributed by atoms with Gasteiger partial charge in [-0.3, -0.25) is 0 Å². The van der Waals surface area contributed by atoms with E-state index in [2.05, 4.69) is 0 Å². The summed E-state index contributed by atoms with van der Waals surface area (Å²) in [6.45, 7) is 3.45. The van der Waals surface area contributed by atoms with Gasteiger partial charge in [-0.1, -0.05) is 23.3 Å². The standard InChI is InChI=1S/C12H12ClFO4S/c1-7(2)3-4-19(17,18)8-5-9(12(15)16)11(13)10(14)6-8/h3,5-6H,4H2,1-2H3,(H,15,16). The Morgan fingerprint density at radius 2 is 2.00 bits per heavy atom. The Balaban J connectivity index is 3.36. The summed E-state index contributed by atoms with van der Waals surface area (Å²) >= 11 is 5.48. The number of sulfone groups is 1.